The van der Waals surface area contributed by atoms with Gasteiger partial charge in [-0.25, -0.2) is 0 Å². The molecule has 0 fully saturated rings. The predicted molar refractivity (Wildman–Crippen MR) is 120 cm³/mol. The number of aromatic hydroxyl groups is 1. The minimum Gasteiger partial charge on any atom is -0.508 e. The fraction of sp³-hybridized carbons (Fsp3) is 0.560. The average Bonchev–Trinajstić information content (AvgIpc) is 2.71. The summed E-state index contributed by atoms with van der Waals surface area (Å²) in [6.07, 6.45) is 16.7. The maximum Gasteiger partial charge on any atom is 0.161 e. The van der Waals surface area contributed by atoms with Crippen molar-refractivity contribution in [2.75, 3.05) is 6.61 Å². The van der Waals surface area contributed by atoms with E-state index in [0.29, 0.717) is 18.8 Å². The van der Waals surface area contributed by atoms with Crippen LogP contribution in [0, 0.1) is 0 Å². The van der Waals surface area contributed by atoms with Crippen molar-refractivity contribution in [2.24, 2.45) is 0 Å². The zero-order chi connectivity index (χ0) is 21.3. The summed E-state index contributed by atoms with van der Waals surface area (Å²) in [6.45, 7) is 4.75. The molecule has 0 heterocycles. The van der Waals surface area contributed by atoms with Crippen LogP contribution in [0.15, 0.2) is 36.1 Å². The lowest BCUT2D eigenvalue weighted by atomic mass is 10.1. The van der Waals surface area contributed by atoms with Crippen molar-refractivity contribution in [3.05, 3.63) is 41.7 Å². The number of rotatable bonds is 16. The summed E-state index contributed by atoms with van der Waals surface area (Å²) >= 11 is 0. The topological polar surface area (TPSA) is 66.8 Å². The molecule has 0 saturated carbocycles. The highest BCUT2D eigenvalue weighted by Crippen LogP contribution is 2.27. The summed E-state index contributed by atoms with van der Waals surface area (Å²) in [6, 6.07) is 4.99. The third kappa shape index (κ3) is 12.0. The first-order chi connectivity index (χ1) is 14.1. The van der Waals surface area contributed by atoms with Gasteiger partial charge in [0.15, 0.2) is 17.3 Å². The Morgan fingerprint density at radius 2 is 1.62 bits per heavy atom. The van der Waals surface area contributed by atoms with E-state index in [-0.39, 0.29) is 17.3 Å². The number of carbonyl (C=O) groups excluding carboxylic acids is 1. The number of ketones is 1. The molecule has 0 bridgehead atoms. The average molecular weight is 403 g/mol. The zero-order valence-electron chi connectivity index (χ0n) is 18.2. The van der Waals surface area contributed by atoms with Gasteiger partial charge in [-0.3, -0.25) is 4.79 Å². The maximum atomic E-state index is 12.0. The van der Waals surface area contributed by atoms with Crippen LogP contribution in [0.2, 0.25) is 0 Å². The van der Waals surface area contributed by atoms with Gasteiger partial charge in [-0.1, -0.05) is 77.4 Å². The molecular formula is C25H38O4. The van der Waals surface area contributed by atoms with E-state index in [1.54, 1.807) is 24.3 Å². The quantitative estimate of drug-likeness (QED) is 0.134. The second-order valence-corrected chi connectivity index (χ2v) is 7.52. The lowest BCUT2D eigenvalue weighted by Crippen LogP contribution is -1.95. The van der Waals surface area contributed by atoms with E-state index in [0.717, 1.165) is 24.8 Å². The van der Waals surface area contributed by atoms with Crippen LogP contribution >= 0.6 is 0 Å². The number of benzene rings is 1. The normalized spacial score (nSPS) is 11.9. The fourth-order valence-corrected chi connectivity index (χ4v) is 3.04. The number of aliphatic hydroxyl groups is 1. The molecule has 1 aromatic rings. The first-order valence-corrected chi connectivity index (χ1v) is 11.1. The van der Waals surface area contributed by atoms with Gasteiger partial charge in [0.2, 0.25) is 0 Å². The molecule has 4 nitrogen and oxygen atoms in total. The number of hydrogen-bond acceptors (Lipinski definition) is 4. The molecule has 4 heteroatoms. The van der Waals surface area contributed by atoms with Gasteiger partial charge in [-0.05, 0) is 36.6 Å². The zero-order valence-corrected chi connectivity index (χ0v) is 18.2. The van der Waals surface area contributed by atoms with Gasteiger partial charge < -0.3 is 14.9 Å². The van der Waals surface area contributed by atoms with Crippen molar-refractivity contribution in [3.8, 4) is 11.5 Å². The Morgan fingerprint density at radius 3 is 2.28 bits per heavy atom. The number of aliphatic hydroxyl groups excluding tert-OH is 1. The van der Waals surface area contributed by atoms with E-state index >= 15 is 0 Å². The first kappa shape index (κ1) is 24.8. The van der Waals surface area contributed by atoms with Gasteiger partial charge in [-0.2, -0.15) is 0 Å². The number of phenolic OH excluding ortho intramolecular Hbond substituents is 1. The first-order valence-electron chi connectivity index (χ1n) is 11.1. The minimum atomic E-state index is -0.0602. The Labute approximate surface area is 176 Å². The largest absolute Gasteiger partial charge is 0.508 e. The summed E-state index contributed by atoms with van der Waals surface area (Å²) in [7, 11) is 0. The van der Waals surface area contributed by atoms with Crippen molar-refractivity contribution >= 4 is 11.9 Å². The van der Waals surface area contributed by atoms with Crippen LogP contribution in [0.4, 0.5) is 0 Å². The SMILES string of the molecule is CCCCCCCCCCCC(=O)C=C(O)C=Cc1ccc(O)c(OCCC)c1. The van der Waals surface area contributed by atoms with Crippen LogP contribution < -0.4 is 4.74 Å². The van der Waals surface area contributed by atoms with Crippen LogP contribution in [0.3, 0.4) is 0 Å². The summed E-state index contributed by atoms with van der Waals surface area (Å²) < 4.78 is 5.48. The van der Waals surface area contributed by atoms with Gasteiger partial charge in [0, 0.05) is 12.5 Å². The summed E-state index contributed by atoms with van der Waals surface area (Å²) in [5, 5.41) is 19.8. The molecule has 29 heavy (non-hydrogen) atoms. The van der Waals surface area contributed by atoms with Crippen molar-refractivity contribution < 1.29 is 19.7 Å². The Hall–Kier alpha value is -2.23. The molecule has 1 rings (SSSR count). The molecule has 0 aliphatic heterocycles. The van der Waals surface area contributed by atoms with Crippen LogP contribution in [-0.2, 0) is 4.79 Å². The van der Waals surface area contributed by atoms with Crippen LogP contribution in [-0.4, -0.2) is 22.6 Å². The van der Waals surface area contributed by atoms with E-state index in [9.17, 15) is 15.0 Å². The number of hydrogen-bond donors (Lipinski definition) is 2. The highest BCUT2D eigenvalue weighted by atomic mass is 16.5. The second kappa shape index (κ2) is 15.7. The van der Waals surface area contributed by atoms with Crippen LogP contribution in [0.25, 0.3) is 6.08 Å². The van der Waals surface area contributed by atoms with Gasteiger partial charge >= 0.3 is 0 Å². The van der Waals surface area contributed by atoms with Crippen molar-refractivity contribution in [1.82, 2.24) is 0 Å². The smallest absolute Gasteiger partial charge is 0.161 e. The molecule has 2 N–H and O–H groups in total. The monoisotopic (exact) mass is 402 g/mol. The predicted octanol–water partition coefficient (Wildman–Crippen LogP) is 7.13. The van der Waals surface area contributed by atoms with Crippen molar-refractivity contribution in [3.63, 3.8) is 0 Å². The molecule has 0 aliphatic rings. The summed E-state index contributed by atoms with van der Waals surface area (Å²) in [5.41, 5.74) is 0.778. The van der Waals surface area contributed by atoms with Gasteiger partial charge in [0.05, 0.1) is 6.61 Å². The molecule has 0 saturated heterocycles. The van der Waals surface area contributed by atoms with Gasteiger partial charge in [0.1, 0.15) is 5.76 Å². The molecule has 0 amide bonds. The Kier molecular flexibility index (Phi) is 13.4. The molecule has 162 valence electrons. The summed E-state index contributed by atoms with van der Waals surface area (Å²) in [5.74, 6) is 0.396. The van der Waals surface area contributed by atoms with E-state index < -0.39 is 0 Å². The lowest BCUT2D eigenvalue weighted by Gasteiger charge is -2.07. The number of unbranched alkanes of at least 4 members (excludes halogenated alkanes) is 8. The highest BCUT2D eigenvalue weighted by Gasteiger charge is 2.03. The third-order valence-corrected chi connectivity index (χ3v) is 4.73. The summed E-state index contributed by atoms with van der Waals surface area (Å²) in [4.78, 5) is 12.0. The maximum absolute atomic E-state index is 12.0. The highest BCUT2D eigenvalue weighted by molar-refractivity contribution is 5.90. The van der Waals surface area contributed by atoms with Crippen molar-refractivity contribution in [1.29, 1.82) is 0 Å². The van der Waals surface area contributed by atoms with Crippen molar-refractivity contribution in [2.45, 2.75) is 84.5 Å². The molecule has 0 unspecified atom stereocenters. The Balaban J connectivity index is 2.32. The van der Waals surface area contributed by atoms with E-state index in [1.807, 2.05) is 6.92 Å². The molecular weight excluding hydrogens is 364 g/mol. The molecule has 0 aliphatic carbocycles. The Morgan fingerprint density at radius 1 is 0.966 bits per heavy atom. The molecule has 0 aromatic heterocycles. The molecule has 1 aromatic carbocycles. The van der Waals surface area contributed by atoms with Gasteiger partial charge in [-0.15, -0.1) is 0 Å². The Bertz CT molecular complexity index is 646. The van der Waals surface area contributed by atoms with E-state index in [4.69, 9.17) is 4.74 Å². The fourth-order valence-electron chi connectivity index (χ4n) is 3.04. The number of allylic oxidation sites excluding steroid dienone is 2. The third-order valence-electron chi connectivity index (χ3n) is 4.73. The molecule has 0 spiro atoms. The van der Waals surface area contributed by atoms with Gasteiger partial charge in [0.25, 0.3) is 0 Å². The van der Waals surface area contributed by atoms with E-state index in [1.165, 1.54) is 57.1 Å². The minimum absolute atomic E-state index is 0.0484. The van der Waals surface area contributed by atoms with E-state index in [2.05, 4.69) is 6.92 Å². The molecule has 0 atom stereocenters. The number of carbonyl (C=O) groups is 1. The molecule has 0 radical (unpaired) electrons. The second-order valence-electron chi connectivity index (χ2n) is 7.52. The standard InChI is InChI=1S/C25H38O4/c1-3-5-6-7-8-9-10-11-12-13-22(26)20-23(27)16-14-21-15-17-24(28)25(19-21)29-18-4-2/h14-17,19-20,27-28H,3-13,18H2,1-2H3. The lowest BCUT2D eigenvalue weighted by molar-refractivity contribution is -0.114. The van der Waals surface area contributed by atoms with Crippen LogP contribution in [0.1, 0.15) is 90.0 Å². The number of phenols is 1. The van der Waals surface area contributed by atoms with Crippen LogP contribution in [0.5, 0.6) is 11.5 Å². The number of ether oxygens (including phenoxy) is 1.